The van der Waals surface area contributed by atoms with Gasteiger partial charge in [-0.2, -0.15) is 0 Å². The number of para-hydroxylation sites is 2. The fourth-order valence-electron chi connectivity index (χ4n) is 2.14. The third-order valence-electron chi connectivity index (χ3n) is 3.33. The first-order valence-electron chi connectivity index (χ1n) is 6.03. The van der Waals surface area contributed by atoms with Gasteiger partial charge in [0.2, 0.25) is 0 Å². The maximum atomic E-state index is 6.02. The Labute approximate surface area is 116 Å². The van der Waals surface area contributed by atoms with E-state index in [4.69, 9.17) is 11.6 Å². The number of nitrogens with zero attached hydrogens (tertiary/aromatic N) is 4. The van der Waals surface area contributed by atoms with Crippen LogP contribution < -0.4 is 0 Å². The highest BCUT2D eigenvalue weighted by molar-refractivity contribution is 6.30. The molecule has 0 aliphatic rings. The van der Waals surface area contributed by atoms with Gasteiger partial charge in [-0.1, -0.05) is 23.7 Å². The highest BCUT2D eigenvalue weighted by atomic mass is 35.5. The van der Waals surface area contributed by atoms with Crippen LogP contribution in [0, 0.1) is 6.92 Å². The topological polar surface area (TPSA) is 43.6 Å². The molecular weight excluding hydrogens is 260 g/mol. The molecule has 5 heteroatoms. The lowest BCUT2D eigenvalue weighted by atomic mass is 10.2. The third kappa shape index (κ3) is 2.08. The summed E-state index contributed by atoms with van der Waals surface area (Å²) in [4.78, 5) is 12.9. The Bertz CT molecular complexity index is 748. The largest absolute Gasteiger partial charge is 0.331 e. The molecule has 0 fully saturated rings. The van der Waals surface area contributed by atoms with Crippen molar-refractivity contribution in [1.29, 1.82) is 0 Å². The van der Waals surface area contributed by atoms with Crippen LogP contribution in [-0.2, 0) is 13.5 Å². The Hall–Kier alpha value is -1.94. The number of imidazole rings is 1. The quantitative estimate of drug-likeness (QED) is 0.674. The number of hydrogen-bond donors (Lipinski definition) is 0. The predicted octanol–water partition coefficient (Wildman–Crippen LogP) is 2.92. The van der Waals surface area contributed by atoms with Crippen LogP contribution in [0.4, 0.5) is 0 Å². The van der Waals surface area contributed by atoms with Gasteiger partial charge in [-0.25, -0.2) is 15.0 Å². The van der Waals surface area contributed by atoms with Crippen molar-refractivity contribution in [1.82, 2.24) is 19.5 Å². The highest BCUT2D eigenvalue weighted by Gasteiger charge is 2.11. The molecule has 2 heterocycles. The van der Waals surface area contributed by atoms with Gasteiger partial charge in [-0.05, 0) is 19.1 Å². The fraction of sp³-hybridized carbons (Fsp3) is 0.214. The molecule has 96 valence electrons. The molecule has 3 rings (SSSR count). The van der Waals surface area contributed by atoms with E-state index in [1.54, 1.807) is 0 Å². The van der Waals surface area contributed by atoms with E-state index >= 15 is 0 Å². The molecular formula is C14H13ClN4. The number of rotatable bonds is 2. The monoisotopic (exact) mass is 272 g/mol. The summed E-state index contributed by atoms with van der Waals surface area (Å²) in [5, 5.41) is 0.503. The van der Waals surface area contributed by atoms with E-state index in [1.165, 1.54) is 6.33 Å². The first-order valence-corrected chi connectivity index (χ1v) is 6.41. The molecule has 3 aromatic rings. The number of fused-ring (bicyclic) bond motifs is 1. The number of hydrogen-bond acceptors (Lipinski definition) is 3. The van der Waals surface area contributed by atoms with Crippen LogP contribution in [0.2, 0.25) is 5.15 Å². The van der Waals surface area contributed by atoms with Gasteiger partial charge >= 0.3 is 0 Å². The summed E-state index contributed by atoms with van der Waals surface area (Å²) >= 11 is 6.02. The molecule has 2 aromatic heterocycles. The van der Waals surface area contributed by atoms with Crippen molar-refractivity contribution < 1.29 is 0 Å². The van der Waals surface area contributed by atoms with Crippen LogP contribution in [-0.4, -0.2) is 19.5 Å². The van der Waals surface area contributed by atoms with Crippen molar-refractivity contribution in [2.24, 2.45) is 7.05 Å². The molecule has 0 saturated heterocycles. The van der Waals surface area contributed by atoms with Gasteiger partial charge in [0, 0.05) is 19.0 Å². The van der Waals surface area contributed by atoms with Gasteiger partial charge in [0.25, 0.3) is 0 Å². The van der Waals surface area contributed by atoms with E-state index in [-0.39, 0.29) is 0 Å². The van der Waals surface area contributed by atoms with Crippen molar-refractivity contribution in [3.05, 3.63) is 52.8 Å². The van der Waals surface area contributed by atoms with Crippen molar-refractivity contribution in [3.8, 4) is 0 Å². The molecule has 0 aliphatic carbocycles. The van der Waals surface area contributed by atoms with Gasteiger partial charge in [-0.3, -0.25) is 0 Å². The maximum absolute atomic E-state index is 6.02. The van der Waals surface area contributed by atoms with Gasteiger partial charge in [0.05, 0.1) is 16.7 Å². The number of aromatic nitrogens is 4. The number of halogens is 1. The zero-order chi connectivity index (χ0) is 13.4. The van der Waals surface area contributed by atoms with E-state index in [0.717, 1.165) is 28.1 Å². The molecule has 0 radical (unpaired) electrons. The lowest BCUT2D eigenvalue weighted by Gasteiger charge is -2.05. The van der Waals surface area contributed by atoms with E-state index in [2.05, 4.69) is 25.6 Å². The molecule has 19 heavy (non-hydrogen) atoms. The molecule has 0 N–H and O–H groups in total. The lowest BCUT2D eigenvalue weighted by molar-refractivity contribution is 0.824. The second-order valence-corrected chi connectivity index (χ2v) is 4.85. The fourth-order valence-corrected chi connectivity index (χ4v) is 2.30. The summed E-state index contributed by atoms with van der Waals surface area (Å²) in [5.74, 6) is 0.971. The second kappa shape index (κ2) is 4.63. The molecule has 1 aromatic carbocycles. The van der Waals surface area contributed by atoms with E-state index < -0.39 is 0 Å². The van der Waals surface area contributed by atoms with Crippen molar-refractivity contribution in [3.63, 3.8) is 0 Å². The van der Waals surface area contributed by atoms with Crippen molar-refractivity contribution >= 4 is 22.6 Å². The summed E-state index contributed by atoms with van der Waals surface area (Å²) in [6.07, 6.45) is 2.15. The van der Waals surface area contributed by atoms with E-state index in [9.17, 15) is 0 Å². The molecule has 4 nitrogen and oxygen atoms in total. The molecule has 0 amide bonds. The molecule has 0 aliphatic heterocycles. The lowest BCUT2D eigenvalue weighted by Crippen LogP contribution is -2.03. The minimum absolute atomic E-state index is 0.503. The van der Waals surface area contributed by atoms with E-state index in [0.29, 0.717) is 11.6 Å². The SMILES string of the molecule is Cc1c(Cl)ncnc1Cc1nc2ccccc2n1C. The summed E-state index contributed by atoms with van der Waals surface area (Å²) in [6, 6.07) is 8.08. The zero-order valence-electron chi connectivity index (χ0n) is 10.8. The van der Waals surface area contributed by atoms with Gasteiger partial charge in [0.1, 0.15) is 17.3 Å². The van der Waals surface area contributed by atoms with Crippen molar-refractivity contribution in [2.75, 3.05) is 0 Å². The van der Waals surface area contributed by atoms with Crippen LogP contribution in [0.15, 0.2) is 30.6 Å². The normalized spacial score (nSPS) is 11.1. The van der Waals surface area contributed by atoms with Crippen LogP contribution in [0.25, 0.3) is 11.0 Å². The zero-order valence-corrected chi connectivity index (χ0v) is 11.5. The third-order valence-corrected chi connectivity index (χ3v) is 3.71. The molecule has 0 atom stereocenters. The van der Waals surface area contributed by atoms with Crippen molar-refractivity contribution in [2.45, 2.75) is 13.3 Å². The number of benzene rings is 1. The van der Waals surface area contributed by atoms with Crippen LogP contribution in [0.1, 0.15) is 17.1 Å². The Balaban J connectivity index is 2.06. The molecule has 0 spiro atoms. The van der Waals surface area contributed by atoms with Gasteiger partial charge in [0.15, 0.2) is 0 Å². The Morgan fingerprint density at radius 3 is 2.79 bits per heavy atom. The average molecular weight is 273 g/mol. The minimum atomic E-state index is 0.503. The maximum Gasteiger partial charge on any atom is 0.135 e. The Kier molecular flexibility index (Phi) is 2.95. The summed E-state index contributed by atoms with van der Waals surface area (Å²) in [7, 11) is 2.02. The predicted molar refractivity (Wildman–Crippen MR) is 75.3 cm³/mol. The molecule has 0 bridgehead atoms. The standard InChI is InChI=1S/C14H13ClN4/c1-9-11(16-8-17-14(9)15)7-13-18-10-5-3-4-6-12(10)19(13)2/h3-6,8H,7H2,1-2H3. The van der Waals surface area contributed by atoms with Crippen LogP contribution in [0.5, 0.6) is 0 Å². The molecule has 0 unspecified atom stereocenters. The number of aryl methyl sites for hydroxylation is 1. The summed E-state index contributed by atoms with van der Waals surface area (Å²) in [5.41, 5.74) is 3.95. The average Bonchev–Trinajstić information content (AvgIpc) is 2.73. The second-order valence-electron chi connectivity index (χ2n) is 4.49. The van der Waals surface area contributed by atoms with Gasteiger partial charge < -0.3 is 4.57 Å². The van der Waals surface area contributed by atoms with E-state index in [1.807, 2.05) is 32.2 Å². The Morgan fingerprint density at radius 2 is 2.00 bits per heavy atom. The molecule has 0 saturated carbocycles. The summed E-state index contributed by atoms with van der Waals surface area (Å²) in [6.45, 7) is 1.93. The van der Waals surface area contributed by atoms with Crippen LogP contribution in [0.3, 0.4) is 0 Å². The smallest absolute Gasteiger partial charge is 0.135 e. The summed E-state index contributed by atoms with van der Waals surface area (Å²) < 4.78 is 2.09. The first kappa shape index (κ1) is 12.1. The Morgan fingerprint density at radius 1 is 1.21 bits per heavy atom. The first-order chi connectivity index (χ1) is 9.16. The highest BCUT2D eigenvalue weighted by Crippen LogP contribution is 2.19. The van der Waals surface area contributed by atoms with Crippen LogP contribution >= 0.6 is 11.6 Å². The minimum Gasteiger partial charge on any atom is -0.331 e. The van der Waals surface area contributed by atoms with Gasteiger partial charge in [-0.15, -0.1) is 0 Å².